The van der Waals surface area contributed by atoms with Crippen LogP contribution in [0, 0.1) is 0 Å². The number of aromatic nitrogens is 1. The molecule has 0 aliphatic heterocycles. The molecule has 6 nitrogen and oxygen atoms in total. The monoisotopic (exact) mass is 412 g/mol. The first-order valence-electron chi connectivity index (χ1n) is 9.74. The summed E-state index contributed by atoms with van der Waals surface area (Å²) in [4.78, 5) is 27.2. The highest BCUT2D eigenvalue weighted by molar-refractivity contribution is 6.11. The summed E-state index contributed by atoms with van der Waals surface area (Å²) >= 11 is 0. The number of para-hydroxylation sites is 1. The highest BCUT2D eigenvalue weighted by atomic mass is 16.5. The molecule has 0 saturated carbocycles. The number of carbonyl (C=O) groups excluding carboxylic acids is 2. The maximum absolute atomic E-state index is 13.0. The van der Waals surface area contributed by atoms with E-state index in [0.717, 1.165) is 11.3 Å². The third-order valence-corrected chi connectivity index (χ3v) is 4.80. The first-order chi connectivity index (χ1) is 15.1. The van der Waals surface area contributed by atoms with Gasteiger partial charge < -0.3 is 14.2 Å². The molecule has 1 aromatic heterocycles. The van der Waals surface area contributed by atoms with Crippen LogP contribution in [0.1, 0.15) is 26.5 Å². The Hall–Kier alpha value is -4.19. The number of ether oxygens (including phenoxy) is 1. The Balaban J connectivity index is 1.47. The number of anilines is 1. The SMILES string of the molecule is CN(C(=O)c1ccccc1C(=O)OCc1cc(-c2ccccc2)no1)c1ccccc1. The molecule has 4 aromatic rings. The van der Waals surface area contributed by atoms with E-state index in [1.807, 2.05) is 60.7 Å². The minimum atomic E-state index is -0.608. The van der Waals surface area contributed by atoms with E-state index >= 15 is 0 Å². The van der Waals surface area contributed by atoms with Crippen LogP contribution in [0.15, 0.2) is 95.5 Å². The Morgan fingerprint density at radius 3 is 2.19 bits per heavy atom. The van der Waals surface area contributed by atoms with Crippen LogP contribution < -0.4 is 4.90 Å². The molecule has 0 saturated heterocycles. The zero-order valence-corrected chi connectivity index (χ0v) is 16.9. The molecule has 0 fully saturated rings. The van der Waals surface area contributed by atoms with Crippen LogP contribution >= 0.6 is 0 Å². The molecule has 0 radical (unpaired) electrons. The first kappa shape index (κ1) is 20.1. The quantitative estimate of drug-likeness (QED) is 0.418. The van der Waals surface area contributed by atoms with Gasteiger partial charge in [-0.05, 0) is 24.3 Å². The maximum atomic E-state index is 13.0. The highest BCUT2D eigenvalue weighted by Gasteiger charge is 2.22. The van der Waals surface area contributed by atoms with Crippen LogP contribution in [-0.2, 0) is 11.3 Å². The molecule has 154 valence electrons. The van der Waals surface area contributed by atoms with E-state index in [0.29, 0.717) is 11.5 Å². The van der Waals surface area contributed by atoms with Crippen molar-refractivity contribution in [3.63, 3.8) is 0 Å². The number of nitrogens with zero attached hydrogens (tertiary/aromatic N) is 2. The van der Waals surface area contributed by atoms with Gasteiger partial charge >= 0.3 is 5.97 Å². The number of amides is 1. The minimum absolute atomic E-state index is 0.0876. The second-order valence-electron chi connectivity index (χ2n) is 6.87. The molecular formula is C25H20N2O4. The largest absolute Gasteiger partial charge is 0.454 e. The summed E-state index contributed by atoms with van der Waals surface area (Å²) in [5.74, 6) is -0.495. The van der Waals surface area contributed by atoms with Crippen molar-refractivity contribution >= 4 is 17.6 Å². The smallest absolute Gasteiger partial charge is 0.339 e. The average Bonchev–Trinajstić information content (AvgIpc) is 3.32. The number of esters is 1. The molecule has 6 heteroatoms. The van der Waals surface area contributed by atoms with Gasteiger partial charge in [-0.15, -0.1) is 0 Å². The summed E-state index contributed by atoms with van der Waals surface area (Å²) < 4.78 is 10.7. The summed E-state index contributed by atoms with van der Waals surface area (Å²) in [5, 5.41) is 4.01. The lowest BCUT2D eigenvalue weighted by molar-refractivity contribution is 0.0434. The lowest BCUT2D eigenvalue weighted by Gasteiger charge is -2.18. The highest BCUT2D eigenvalue weighted by Crippen LogP contribution is 2.21. The zero-order chi connectivity index (χ0) is 21.6. The summed E-state index contributed by atoms with van der Waals surface area (Å²) in [6.07, 6.45) is 0. The van der Waals surface area contributed by atoms with Gasteiger partial charge in [-0.1, -0.05) is 65.8 Å². The molecule has 0 aliphatic rings. The van der Waals surface area contributed by atoms with E-state index in [-0.39, 0.29) is 23.6 Å². The van der Waals surface area contributed by atoms with Crippen molar-refractivity contribution in [2.45, 2.75) is 6.61 Å². The average molecular weight is 412 g/mol. The molecule has 3 aromatic carbocycles. The van der Waals surface area contributed by atoms with Crippen molar-refractivity contribution in [1.29, 1.82) is 0 Å². The molecule has 31 heavy (non-hydrogen) atoms. The van der Waals surface area contributed by atoms with Crippen LogP contribution in [0.25, 0.3) is 11.3 Å². The Morgan fingerprint density at radius 2 is 1.48 bits per heavy atom. The fourth-order valence-corrected chi connectivity index (χ4v) is 3.14. The van der Waals surface area contributed by atoms with Gasteiger partial charge in [-0.3, -0.25) is 4.79 Å². The predicted molar refractivity (Wildman–Crippen MR) is 117 cm³/mol. The van der Waals surface area contributed by atoms with Gasteiger partial charge in [0.2, 0.25) is 0 Å². The predicted octanol–water partition coefficient (Wildman–Crippen LogP) is 4.98. The van der Waals surface area contributed by atoms with Gasteiger partial charge in [0.25, 0.3) is 5.91 Å². The Kier molecular flexibility index (Phi) is 5.89. The van der Waals surface area contributed by atoms with Crippen molar-refractivity contribution in [3.8, 4) is 11.3 Å². The Morgan fingerprint density at radius 1 is 0.871 bits per heavy atom. The number of benzene rings is 3. The molecule has 4 rings (SSSR count). The maximum Gasteiger partial charge on any atom is 0.339 e. The first-order valence-corrected chi connectivity index (χ1v) is 9.74. The van der Waals surface area contributed by atoms with Gasteiger partial charge in [0, 0.05) is 24.4 Å². The Bertz CT molecular complexity index is 1190. The van der Waals surface area contributed by atoms with Crippen LogP contribution in [0.4, 0.5) is 5.69 Å². The van der Waals surface area contributed by atoms with E-state index in [4.69, 9.17) is 9.26 Å². The standard InChI is InChI=1S/C25H20N2O4/c1-27(19-12-6-3-7-13-19)24(28)21-14-8-9-15-22(21)25(29)30-17-20-16-23(26-31-20)18-10-4-2-5-11-18/h2-16H,17H2,1H3. The number of rotatable bonds is 6. The topological polar surface area (TPSA) is 72.6 Å². The lowest BCUT2D eigenvalue weighted by atomic mass is 10.1. The van der Waals surface area contributed by atoms with Gasteiger partial charge in [0.1, 0.15) is 5.69 Å². The van der Waals surface area contributed by atoms with Crippen LogP contribution in [-0.4, -0.2) is 24.1 Å². The zero-order valence-electron chi connectivity index (χ0n) is 16.9. The molecule has 0 bridgehead atoms. The molecule has 1 heterocycles. The van der Waals surface area contributed by atoms with Crippen LogP contribution in [0.3, 0.4) is 0 Å². The molecule has 0 unspecified atom stereocenters. The summed E-state index contributed by atoms with van der Waals surface area (Å²) in [6.45, 7) is -0.0876. The molecule has 1 amide bonds. The second-order valence-corrected chi connectivity index (χ2v) is 6.87. The van der Waals surface area contributed by atoms with E-state index in [2.05, 4.69) is 5.16 Å². The van der Waals surface area contributed by atoms with E-state index < -0.39 is 5.97 Å². The fraction of sp³-hybridized carbons (Fsp3) is 0.0800. The second kappa shape index (κ2) is 9.09. The van der Waals surface area contributed by atoms with Gasteiger partial charge in [-0.2, -0.15) is 0 Å². The van der Waals surface area contributed by atoms with Crippen LogP contribution in [0.2, 0.25) is 0 Å². The van der Waals surface area contributed by atoms with Crippen molar-refractivity contribution in [2.24, 2.45) is 0 Å². The summed E-state index contributed by atoms with van der Waals surface area (Å²) in [6, 6.07) is 27.1. The molecule has 0 spiro atoms. The van der Waals surface area contributed by atoms with Crippen molar-refractivity contribution in [3.05, 3.63) is 108 Å². The molecule has 0 N–H and O–H groups in total. The summed E-state index contributed by atoms with van der Waals surface area (Å²) in [7, 11) is 1.67. The van der Waals surface area contributed by atoms with Gasteiger partial charge in [0.15, 0.2) is 12.4 Å². The van der Waals surface area contributed by atoms with Gasteiger partial charge in [-0.25, -0.2) is 4.79 Å². The molecular weight excluding hydrogens is 392 g/mol. The fourth-order valence-electron chi connectivity index (χ4n) is 3.14. The van der Waals surface area contributed by atoms with Gasteiger partial charge in [0.05, 0.1) is 11.1 Å². The number of carbonyl (C=O) groups is 2. The molecule has 0 aliphatic carbocycles. The summed E-state index contributed by atoms with van der Waals surface area (Å²) in [5.41, 5.74) is 2.75. The van der Waals surface area contributed by atoms with Crippen molar-refractivity contribution < 1.29 is 18.8 Å². The normalized spacial score (nSPS) is 10.5. The van der Waals surface area contributed by atoms with Crippen LogP contribution in [0.5, 0.6) is 0 Å². The van der Waals surface area contributed by atoms with E-state index in [1.54, 1.807) is 37.4 Å². The van der Waals surface area contributed by atoms with E-state index in [9.17, 15) is 9.59 Å². The van der Waals surface area contributed by atoms with Crippen molar-refractivity contribution in [2.75, 3.05) is 11.9 Å². The van der Waals surface area contributed by atoms with E-state index in [1.165, 1.54) is 4.90 Å². The number of hydrogen-bond acceptors (Lipinski definition) is 5. The number of hydrogen-bond donors (Lipinski definition) is 0. The Labute approximate surface area is 179 Å². The molecule has 0 atom stereocenters. The lowest BCUT2D eigenvalue weighted by Crippen LogP contribution is -2.28. The third kappa shape index (κ3) is 4.53. The minimum Gasteiger partial charge on any atom is -0.454 e. The third-order valence-electron chi connectivity index (χ3n) is 4.80. The van der Waals surface area contributed by atoms with Crippen molar-refractivity contribution in [1.82, 2.24) is 5.16 Å².